The van der Waals surface area contributed by atoms with Gasteiger partial charge in [0.25, 0.3) is 0 Å². The topological polar surface area (TPSA) is 12.0 Å². The monoisotopic (exact) mass is 239 g/mol. The van der Waals surface area contributed by atoms with Gasteiger partial charge in [-0.15, -0.1) is 6.58 Å². The lowest BCUT2D eigenvalue weighted by Gasteiger charge is -2.13. The van der Waals surface area contributed by atoms with Crippen LogP contribution in [-0.2, 0) is 0 Å². The molecule has 0 amide bonds. The van der Waals surface area contributed by atoms with Gasteiger partial charge in [-0.05, 0) is 24.2 Å². The van der Waals surface area contributed by atoms with E-state index in [4.69, 9.17) is 0 Å². The van der Waals surface area contributed by atoms with E-state index in [1.165, 1.54) is 5.56 Å². The minimum Gasteiger partial charge on any atom is -0.307 e. The molecule has 1 rings (SSSR count). The van der Waals surface area contributed by atoms with E-state index in [2.05, 4.69) is 46.9 Å². The van der Waals surface area contributed by atoms with Crippen LogP contribution < -0.4 is 5.32 Å². The molecule has 2 heteroatoms. The largest absolute Gasteiger partial charge is 0.307 e. The third-order valence-electron chi connectivity index (χ3n) is 1.87. The van der Waals surface area contributed by atoms with Crippen LogP contribution in [-0.4, -0.2) is 6.54 Å². The standard InChI is InChI=1S/C11H14BrN/c1-3-11(13-4-2)9-6-5-7-10(12)8-9/h3,5-8,11,13H,1,4H2,2H3. The predicted molar refractivity (Wildman–Crippen MR) is 60.8 cm³/mol. The summed E-state index contributed by atoms with van der Waals surface area (Å²) in [5, 5.41) is 3.34. The Balaban J connectivity index is 2.84. The highest BCUT2D eigenvalue weighted by atomic mass is 79.9. The van der Waals surface area contributed by atoms with Crippen molar-refractivity contribution in [2.24, 2.45) is 0 Å². The second-order valence-electron chi connectivity index (χ2n) is 2.83. The van der Waals surface area contributed by atoms with E-state index >= 15 is 0 Å². The number of likely N-dealkylation sites (N-methyl/N-ethyl adjacent to an activating group) is 1. The highest BCUT2D eigenvalue weighted by Gasteiger charge is 2.04. The molecule has 1 unspecified atom stereocenters. The fourth-order valence-corrected chi connectivity index (χ4v) is 1.67. The highest BCUT2D eigenvalue weighted by molar-refractivity contribution is 9.10. The molecule has 0 aromatic heterocycles. The first kappa shape index (κ1) is 10.5. The molecule has 1 aromatic carbocycles. The lowest BCUT2D eigenvalue weighted by molar-refractivity contribution is 0.649. The van der Waals surface area contributed by atoms with E-state index in [0.29, 0.717) is 0 Å². The summed E-state index contributed by atoms with van der Waals surface area (Å²) >= 11 is 3.45. The summed E-state index contributed by atoms with van der Waals surface area (Å²) < 4.78 is 1.11. The maximum atomic E-state index is 3.81. The summed E-state index contributed by atoms with van der Waals surface area (Å²) in [5.74, 6) is 0. The van der Waals surface area contributed by atoms with E-state index < -0.39 is 0 Å². The lowest BCUT2D eigenvalue weighted by atomic mass is 10.1. The number of hydrogen-bond donors (Lipinski definition) is 1. The number of hydrogen-bond acceptors (Lipinski definition) is 1. The second-order valence-corrected chi connectivity index (χ2v) is 3.74. The average molecular weight is 240 g/mol. The Hall–Kier alpha value is -0.600. The normalized spacial score (nSPS) is 12.5. The molecular weight excluding hydrogens is 226 g/mol. The van der Waals surface area contributed by atoms with Gasteiger partial charge in [-0.1, -0.05) is 41.1 Å². The number of halogens is 1. The minimum absolute atomic E-state index is 0.252. The van der Waals surface area contributed by atoms with Crippen molar-refractivity contribution in [2.45, 2.75) is 13.0 Å². The molecule has 0 bridgehead atoms. The van der Waals surface area contributed by atoms with E-state index in [9.17, 15) is 0 Å². The molecule has 13 heavy (non-hydrogen) atoms. The van der Waals surface area contributed by atoms with Crippen LogP contribution in [0, 0.1) is 0 Å². The van der Waals surface area contributed by atoms with E-state index in [1.54, 1.807) is 0 Å². The van der Waals surface area contributed by atoms with Crippen molar-refractivity contribution in [3.8, 4) is 0 Å². The van der Waals surface area contributed by atoms with E-state index in [0.717, 1.165) is 11.0 Å². The molecule has 0 aliphatic rings. The van der Waals surface area contributed by atoms with Gasteiger partial charge in [0.2, 0.25) is 0 Å². The van der Waals surface area contributed by atoms with Crippen LogP contribution in [0.15, 0.2) is 41.4 Å². The summed E-state index contributed by atoms with van der Waals surface area (Å²) in [4.78, 5) is 0. The summed E-state index contributed by atoms with van der Waals surface area (Å²) in [7, 11) is 0. The van der Waals surface area contributed by atoms with Crippen LogP contribution in [0.2, 0.25) is 0 Å². The third-order valence-corrected chi connectivity index (χ3v) is 2.36. The van der Waals surface area contributed by atoms with Crippen LogP contribution in [0.1, 0.15) is 18.5 Å². The number of benzene rings is 1. The molecule has 0 aliphatic heterocycles. The molecule has 0 heterocycles. The van der Waals surface area contributed by atoms with E-state index in [1.807, 2.05) is 18.2 Å². The average Bonchev–Trinajstić information content (AvgIpc) is 2.14. The zero-order chi connectivity index (χ0) is 9.68. The van der Waals surface area contributed by atoms with Gasteiger partial charge in [-0.2, -0.15) is 0 Å². The van der Waals surface area contributed by atoms with Gasteiger partial charge in [0.15, 0.2) is 0 Å². The molecule has 1 N–H and O–H groups in total. The Morgan fingerprint density at radius 3 is 2.92 bits per heavy atom. The van der Waals surface area contributed by atoms with Crippen molar-refractivity contribution in [1.82, 2.24) is 5.32 Å². The van der Waals surface area contributed by atoms with Crippen LogP contribution in [0.25, 0.3) is 0 Å². The van der Waals surface area contributed by atoms with Crippen molar-refractivity contribution >= 4 is 15.9 Å². The van der Waals surface area contributed by atoms with Crippen LogP contribution in [0.4, 0.5) is 0 Å². The highest BCUT2D eigenvalue weighted by Crippen LogP contribution is 2.18. The van der Waals surface area contributed by atoms with Gasteiger partial charge >= 0.3 is 0 Å². The first-order chi connectivity index (χ1) is 6.27. The first-order valence-electron chi connectivity index (χ1n) is 4.39. The Kier molecular flexibility index (Phi) is 4.19. The molecule has 0 aliphatic carbocycles. The summed E-state index contributed by atoms with van der Waals surface area (Å²) in [5.41, 5.74) is 1.24. The first-order valence-corrected chi connectivity index (χ1v) is 5.18. The zero-order valence-electron chi connectivity index (χ0n) is 7.76. The zero-order valence-corrected chi connectivity index (χ0v) is 9.34. The maximum Gasteiger partial charge on any atom is 0.0503 e. The molecule has 1 nitrogen and oxygen atoms in total. The van der Waals surface area contributed by atoms with Crippen molar-refractivity contribution in [3.05, 3.63) is 47.0 Å². The minimum atomic E-state index is 0.252. The van der Waals surface area contributed by atoms with Crippen molar-refractivity contribution in [2.75, 3.05) is 6.54 Å². The summed E-state index contributed by atoms with van der Waals surface area (Å²) in [6, 6.07) is 8.51. The third kappa shape index (κ3) is 2.98. The number of rotatable bonds is 4. The summed E-state index contributed by atoms with van der Waals surface area (Å²) in [6.07, 6.45) is 1.92. The fraction of sp³-hybridized carbons (Fsp3) is 0.273. The van der Waals surface area contributed by atoms with Gasteiger partial charge < -0.3 is 5.32 Å². The van der Waals surface area contributed by atoms with E-state index in [-0.39, 0.29) is 6.04 Å². The molecule has 1 atom stereocenters. The summed E-state index contributed by atoms with van der Waals surface area (Å²) in [6.45, 7) is 6.85. The van der Waals surface area contributed by atoms with Crippen molar-refractivity contribution in [1.29, 1.82) is 0 Å². The Labute approximate surface area is 88.0 Å². The molecule has 0 fully saturated rings. The molecule has 0 radical (unpaired) electrons. The van der Waals surface area contributed by atoms with Gasteiger partial charge in [0, 0.05) is 4.47 Å². The Morgan fingerprint density at radius 1 is 1.62 bits per heavy atom. The van der Waals surface area contributed by atoms with Crippen molar-refractivity contribution in [3.63, 3.8) is 0 Å². The molecule has 0 spiro atoms. The van der Waals surface area contributed by atoms with Gasteiger partial charge in [0.05, 0.1) is 6.04 Å². The molecule has 0 saturated heterocycles. The van der Waals surface area contributed by atoms with Crippen molar-refractivity contribution < 1.29 is 0 Å². The molecular formula is C11H14BrN. The van der Waals surface area contributed by atoms with Gasteiger partial charge in [-0.25, -0.2) is 0 Å². The lowest BCUT2D eigenvalue weighted by Crippen LogP contribution is -2.18. The predicted octanol–water partition coefficient (Wildman–Crippen LogP) is 3.29. The molecule has 0 saturated carbocycles. The second kappa shape index (κ2) is 5.20. The van der Waals surface area contributed by atoms with Gasteiger partial charge in [0.1, 0.15) is 0 Å². The maximum absolute atomic E-state index is 3.81. The van der Waals surface area contributed by atoms with Crippen LogP contribution in [0.3, 0.4) is 0 Å². The van der Waals surface area contributed by atoms with Crippen LogP contribution in [0.5, 0.6) is 0 Å². The van der Waals surface area contributed by atoms with Crippen LogP contribution >= 0.6 is 15.9 Å². The molecule has 70 valence electrons. The quantitative estimate of drug-likeness (QED) is 0.796. The fourth-order valence-electron chi connectivity index (χ4n) is 1.26. The molecule has 1 aromatic rings. The number of nitrogens with one attached hydrogen (secondary N) is 1. The Morgan fingerprint density at radius 2 is 2.38 bits per heavy atom. The Bertz CT molecular complexity index is 283. The smallest absolute Gasteiger partial charge is 0.0503 e. The SMILES string of the molecule is C=CC(NCC)c1cccc(Br)c1. The van der Waals surface area contributed by atoms with Gasteiger partial charge in [-0.3, -0.25) is 0 Å².